The predicted octanol–water partition coefficient (Wildman–Crippen LogP) is 4.07. The minimum atomic E-state index is -0.0448. The number of rotatable bonds is 6. The summed E-state index contributed by atoms with van der Waals surface area (Å²) in [6.45, 7) is 4.92. The topological polar surface area (TPSA) is 73.1 Å². The number of likely N-dealkylation sites (tertiary alicyclic amines) is 1. The molecule has 2 aromatic heterocycles. The molecular formula is C24H21N5O2. The van der Waals surface area contributed by atoms with Gasteiger partial charge < -0.3 is 9.64 Å². The van der Waals surface area contributed by atoms with Crippen molar-refractivity contribution in [1.29, 1.82) is 0 Å². The van der Waals surface area contributed by atoms with Crippen molar-refractivity contribution >= 4 is 16.9 Å². The van der Waals surface area contributed by atoms with Gasteiger partial charge in [0.05, 0.1) is 18.0 Å². The molecule has 1 aliphatic heterocycles. The van der Waals surface area contributed by atoms with Gasteiger partial charge in [-0.25, -0.2) is 14.6 Å². The van der Waals surface area contributed by atoms with Gasteiger partial charge in [-0.05, 0) is 48.9 Å². The van der Waals surface area contributed by atoms with Gasteiger partial charge >= 0.3 is 0 Å². The van der Waals surface area contributed by atoms with Crippen LogP contribution in [0.3, 0.4) is 0 Å². The van der Waals surface area contributed by atoms with Crippen LogP contribution in [0, 0.1) is 0 Å². The second kappa shape index (κ2) is 8.02. The molecule has 0 N–H and O–H groups in total. The Morgan fingerprint density at radius 3 is 2.61 bits per heavy atom. The Hall–Kier alpha value is -4.00. The van der Waals surface area contributed by atoms with Gasteiger partial charge in [-0.1, -0.05) is 24.8 Å². The summed E-state index contributed by atoms with van der Waals surface area (Å²) in [6.07, 6.45) is 5.60. The number of carbonyl (C=O) groups is 1. The maximum atomic E-state index is 12.0. The van der Waals surface area contributed by atoms with Gasteiger partial charge in [0.1, 0.15) is 23.5 Å². The van der Waals surface area contributed by atoms with Gasteiger partial charge in [0, 0.05) is 18.3 Å². The molecular weight excluding hydrogens is 390 g/mol. The van der Waals surface area contributed by atoms with Gasteiger partial charge in [-0.15, -0.1) is 0 Å². The van der Waals surface area contributed by atoms with Gasteiger partial charge in [-0.3, -0.25) is 4.79 Å². The number of hydrogen-bond donors (Lipinski definition) is 0. The summed E-state index contributed by atoms with van der Waals surface area (Å²) in [5.74, 6) is 1.50. The molecule has 1 atom stereocenters. The van der Waals surface area contributed by atoms with Crippen LogP contribution < -0.4 is 4.74 Å². The number of benzene rings is 2. The van der Waals surface area contributed by atoms with Crippen LogP contribution in [0.2, 0.25) is 0 Å². The highest BCUT2D eigenvalue weighted by atomic mass is 16.5. The average molecular weight is 411 g/mol. The predicted molar refractivity (Wildman–Crippen MR) is 118 cm³/mol. The number of amides is 1. The van der Waals surface area contributed by atoms with E-state index in [9.17, 15) is 4.79 Å². The monoisotopic (exact) mass is 411 g/mol. The fourth-order valence-corrected chi connectivity index (χ4v) is 3.80. The zero-order valence-electron chi connectivity index (χ0n) is 16.9. The highest BCUT2D eigenvalue weighted by molar-refractivity contribution is 5.90. The third kappa shape index (κ3) is 3.66. The van der Waals surface area contributed by atoms with Crippen molar-refractivity contribution in [3.05, 3.63) is 79.8 Å². The number of hydrogen-bond acceptors (Lipinski definition) is 5. The van der Waals surface area contributed by atoms with Crippen molar-refractivity contribution < 1.29 is 9.53 Å². The average Bonchev–Trinajstić information content (AvgIpc) is 3.16. The second-order valence-electron chi connectivity index (χ2n) is 7.41. The van der Waals surface area contributed by atoms with Gasteiger partial charge in [-0.2, -0.15) is 5.10 Å². The summed E-state index contributed by atoms with van der Waals surface area (Å²) in [4.78, 5) is 22.4. The number of para-hydroxylation sites is 1. The summed E-state index contributed by atoms with van der Waals surface area (Å²) in [5.41, 5.74) is 2.52. The van der Waals surface area contributed by atoms with E-state index in [1.54, 1.807) is 6.20 Å². The lowest BCUT2D eigenvalue weighted by Crippen LogP contribution is -2.52. The van der Waals surface area contributed by atoms with E-state index in [-0.39, 0.29) is 11.9 Å². The van der Waals surface area contributed by atoms with E-state index in [0.717, 1.165) is 46.8 Å². The van der Waals surface area contributed by atoms with Crippen molar-refractivity contribution in [2.75, 3.05) is 6.54 Å². The fourth-order valence-electron chi connectivity index (χ4n) is 3.80. The normalized spacial score (nSPS) is 15.5. The molecule has 1 aliphatic rings. The molecule has 0 bridgehead atoms. The van der Waals surface area contributed by atoms with Gasteiger partial charge in [0.2, 0.25) is 5.91 Å². The van der Waals surface area contributed by atoms with Gasteiger partial charge in [0.25, 0.3) is 0 Å². The lowest BCUT2D eigenvalue weighted by Gasteiger charge is -2.40. The first-order valence-electron chi connectivity index (χ1n) is 10.2. The lowest BCUT2D eigenvalue weighted by molar-refractivity contribution is -0.133. The molecule has 1 amide bonds. The third-order valence-corrected chi connectivity index (χ3v) is 5.50. The van der Waals surface area contributed by atoms with Crippen LogP contribution in [-0.4, -0.2) is 43.1 Å². The van der Waals surface area contributed by atoms with Crippen molar-refractivity contribution in [2.24, 2.45) is 0 Å². The first kappa shape index (κ1) is 19.0. The highest BCUT2D eigenvalue weighted by Crippen LogP contribution is 2.30. The van der Waals surface area contributed by atoms with Crippen LogP contribution >= 0.6 is 0 Å². The van der Waals surface area contributed by atoms with E-state index in [1.807, 2.05) is 64.2 Å². The lowest BCUT2D eigenvalue weighted by atomic mass is 10.0. The molecule has 3 heterocycles. The molecule has 7 heteroatoms. The standard InChI is InChI=1S/C24H21N5O2/c1-2-22(30)28-13-12-18(28)15-29-24-21(14-25-16-26-24)23(27-29)17-8-10-20(11-9-17)31-19-6-4-3-5-7-19/h2-11,14,16,18H,1,12-13,15H2/t18-/m0/s1. The summed E-state index contributed by atoms with van der Waals surface area (Å²) < 4.78 is 7.75. The largest absolute Gasteiger partial charge is 0.457 e. The SMILES string of the molecule is C=CC(=O)N1CC[C@H]1Cn1nc(-c2ccc(Oc3ccccc3)cc2)c2cncnc21. The van der Waals surface area contributed by atoms with E-state index in [1.165, 1.54) is 12.4 Å². The maximum absolute atomic E-state index is 12.0. The summed E-state index contributed by atoms with van der Waals surface area (Å²) in [5, 5.41) is 5.70. The molecule has 0 saturated carbocycles. The Labute approximate surface area is 179 Å². The molecule has 2 aromatic carbocycles. The smallest absolute Gasteiger partial charge is 0.246 e. The molecule has 0 unspecified atom stereocenters. The maximum Gasteiger partial charge on any atom is 0.246 e. The molecule has 5 rings (SSSR count). The molecule has 1 fully saturated rings. The van der Waals surface area contributed by atoms with Crippen LogP contribution in [0.5, 0.6) is 11.5 Å². The van der Waals surface area contributed by atoms with Gasteiger partial charge in [0.15, 0.2) is 5.65 Å². The molecule has 7 nitrogen and oxygen atoms in total. The van der Waals surface area contributed by atoms with Crippen molar-refractivity contribution in [2.45, 2.75) is 19.0 Å². The first-order valence-corrected chi connectivity index (χ1v) is 10.2. The van der Waals surface area contributed by atoms with E-state index in [2.05, 4.69) is 16.5 Å². The molecule has 1 saturated heterocycles. The van der Waals surface area contributed by atoms with Crippen LogP contribution in [0.1, 0.15) is 6.42 Å². The zero-order valence-corrected chi connectivity index (χ0v) is 16.9. The van der Waals surface area contributed by atoms with Crippen molar-refractivity contribution in [1.82, 2.24) is 24.6 Å². The summed E-state index contributed by atoms with van der Waals surface area (Å²) >= 11 is 0. The van der Waals surface area contributed by atoms with Crippen molar-refractivity contribution in [3.8, 4) is 22.8 Å². The highest BCUT2D eigenvalue weighted by Gasteiger charge is 2.32. The molecule has 4 aromatic rings. The first-order chi connectivity index (χ1) is 15.2. The number of carbonyl (C=O) groups excluding carboxylic acids is 1. The quantitative estimate of drug-likeness (QED) is 0.447. The van der Waals surface area contributed by atoms with Crippen LogP contribution in [0.25, 0.3) is 22.3 Å². The van der Waals surface area contributed by atoms with E-state index >= 15 is 0 Å². The summed E-state index contributed by atoms with van der Waals surface area (Å²) in [7, 11) is 0. The minimum Gasteiger partial charge on any atom is -0.457 e. The van der Waals surface area contributed by atoms with Crippen LogP contribution in [0.4, 0.5) is 0 Å². The number of aromatic nitrogens is 4. The third-order valence-electron chi connectivity index (χ3n) is 5.50. The van der Waals surface area contributed by atoms with Crippen LogP contribution in [-0.2, 0) is 11.3 Å². The van der Waals surface area contributed by atoms with E-state index in [4.69, 9.17) is 9.84 Å². The number of nitrogens with zero attached hydrogens (tertiary/aromatic N) is 5. The molecule has 0 aliphatic carbocycles. The van der Waals surface area contributed by atoms with Crippen molar-refractivity contribution in [3.63, 3.8) is 0 Å². The number of ether oxygens (including phenoxy) is 1. The van der Waals surface area contributed by atoms with Crippen LogP contribution in [0.15, 0.2) is 79.8 Å². The van der Waals surface area contributed by atoms with E-state index < -0.39 is 0 Å². The Kier molecular flexibility index (Phi) is 4.92. The Morgan fingerprint density at radius 2 is 1.90 bits per heavy atom. The minimum absolute atomic E-state index is 0.0448. The Bertz CT molecular complexity index is 1230. The molecule has 154 valence electrons. The zero-order chi connectivity index (χ0) is 21.2. The molecule has 31 heavy (non-hydrogen) atoms. The molecule has 0 radical (unpaired) electrons. The second-order valence-corrected chi connectivity index (χ2v) is 7.41. The summed E-state index contributed by atoms with van der Waals surface area (Å²) in [6, 6.07) is 17.6. The van der Waals surface area contributed by atoms with E-state index in [0.29, 0.717) is 6.54 Å². The number of fused-ring (bicyclic) bond motifs is 1. The fraction of sp³-hybridized carbons (Fsp3) is 0.167. The molecule has 0 spiro atoms. The Morgan fingerprint density at radius 1 is 1.13 bits per heavy atom. The Balaban J connectivity index is 1.42.